The zero-order valence-corrected chi connectivity index (χ0v) is 12.9. The molecule has 0 spiro atoms. The van der Waals surface area contributed by atoms with Gasteiger partial charge in [-0.2, -0.15) is 4.31 Å². The van der Waals surface area contributed by atoms with Gasteiger partial charge in [-0.05, 0) is 24.6 Å². The van der Waals surface area contributed by atoms with Gasteiger partial charge in [-0.25, -0.2) is 8.42 Å². The van der Waals surface area contributed by atoms with E-state index in [0.29, 0.717) is 44.4 Å². The Hall–Kier alpha value is -0.890. The Kier molecular flexibility index (Phi) is 5.20. The van der Waals surface area contributed by atoms with Gasteiger partial charge in [0.1, 0.15) is 5.76 Å². The topological polar surface area (TPSA) is 74.6 Å². The van der Waals surface area contributed by atoms with Crippen LogP contribution in [0.3, 0.4) is 0 Å². The van der Waals surface area contributed by atoms with Gasteiger partial charge in [-0.1, -0.05) is 13.8 Å². The molecule has 0 saturated carbocycles. The van der Waals surface area contributed by atoms with Gasteiger partial charge in [0.2, 0.25) is 5.09 Å². The number of piperazine rings is 1. The first-order valence-electron chi connectivity index (χ1n) is 7.00. The van der Waals surface area contributed by atoms with Gasteiger partial charge in [0.05, 0.1) is 6.54 Å². The van der Waals surface area contributed by atoms with Crippen molar-refractivity contribution in [2.45, 2.75) is 25.5 Å². The van der Waals surface area contributed by atoms with Crippen LogP contribution in [0.1, 0.15) is 19.6 Å². The smallest absolute Gasteiger partial charge is 0.276 e. The predicted molar refractivity (Wildman–Crippen MR) is 76.9 cm³/mol. The zero-order valence-electron chi connectivity index (χ0n) is 12.1. The first kappa shape index (κ1) is 15.5. The van der Waals surface area contributed by atoms with Crippen molar-refractivity contribution in [3.63, 3.8) is 0 Å². The van der Waals surface area contributed by atoms with E-state index in [4.69, 9.17) is 4.42 Å². The van der Waals surface area contributed by atoms with Gasteiger partial charge < -0.3 is 15.1 Å². The van der Waals surface area contributed by atoms with E-state index < -0.39 is 10.0 Å². The molecule has 1 saturated heterocycles. The zero-order chi connectivity index (χ0) is 14.6. The summed E-state index contributed by atoms with van der Waals surface area (Å²) in [7, 11) is -3.48. The first-order chi connectivity index (χ1) is 9.50. The molecule has 0 aliphatic carbocycles. The molecule has 1 aliphatic heterocycles. The largest absolute Gasteiger partial charge is 0.447 e. The highest BCUT2D eigenvalue weighted by Gasteiger charge is 2.28. The Morgan fingerprint density at radius 3 is 2.70 bits per heavy atom. The Bertz CT molecular complexity index is 519. The SMILES string of the molecule is CC(C)CNCc1ccc(S(=O)(=O)N2CCNCC2)o1. The molecule has 1 aromatic heterocycles. The number of nitrogens with zero attached hydrogens (tertiary/aromatic N) is 1. The molecule has 2 heterocycles. The fourth-order valence-corrected chi connectivity index (χ4v) is 3.46. The minimum Gasteiger partial charge on any atom is -0.447 e. The van der Waals surface area contributed by atoms with Crippen LogP contribution in [0.15, 0.2) is 21.6 Å². The molecule has 114 valence electrons. The maximum atomic E-state index is 12.4. The lowest BCUT2D eigenvalue weighted by atomic mass is 10.2. The number of rotatable bonds is 6. The average molecular weight is 301 g/mol. The third-order valence-corrected chi connectivity index (χ3v) is 4.93. The minimum atomic E-state index is -3.48. The van der Waals surface area contributed by atoms with Crippen molar-refractivity contribution in [2.75, 3.05) is 32.7 Å². The van der Waals surface area contributed by atoms with Gasteiger partial charge in [-0.15, -0.1) is 0 Å². The lowest BCUT2D eigenvalue weighted by Crippen LogP contribution is -2.46. The van der Waals surface area contributed by atoms with Gasteiger partial charge in [0.25, 0.3) is 10.0 Å². The molecular weight excluding hydrogens is 278 g/mol. The standard InChI is InChI=1S/C13H23N3O3S/c1-11(2)9-15-10-12-3-4-13(19-12)20(17,18)16-7-5-14-6-8-16/h3-4,11,14-15H,5-10H2,1-2H3. The summed E-state index contributed by atoms with van der Waals surface area (Å²) in [6.07, 6.45) is 0. The fraction of sp³-hybridized carbons (Fsp3) is 0.692. The highest BCUT2D eigenvalue weighted by molar-refractivity contribution is 7.89. The highest BCUT2D eigenvalue weighted by Crippen LogP contribution is 2.19. The molecule has 0 aromatic carbocycles. The summed E-state index contributed by atoms with van der Waals surface area (Å²) < 4.78 is 31.7. The van der Waals surface area contributed by atoms with Crippen molar-refractivity contribution in [3.05, 3.63) is 17.9 Å². The summed E-state index contributed by atoms with van der Waals surface area (Å²) >= 11 is 0. The van der Waals surface area contributed by atoms with Crippen molar-refractivity contribution < 1.29 is 12.8 Å². The number of hydrogen-bond acceptors (Lipinski definition) is 5. The van der Waals surface area contributed by atoms with E-state index in [1.165, 1.54) is 4.31 Å². The second-order valence-corrected chi connectivity index (χ2v) is 7.27. The monoisotopic (exact) mass is 301 g/mol. The number of hydrogen-bond donors (Lipinski definition) is 2. The Balaban J connectivity index is 2.00. The Morgan fingerprint density at radius 1 is 1.35 bits per heavy atom. The molecule has 1 fully saturated rings. The van der Waals surface area contributed by atoms with Crippen molar-refractivity contribution in [1.29, 1.82) is 0 Å². The van der Waals surface area contributed by atoms with Crippen LogP contribution in [-0.4, -0.2) is 45.4 Å². The summed E-state index contributed by atoms with van der Waals surface area (Å²) in [5, 5.41) is 6.41. The summed E-state index contributed by atoms with van der Waals surface area (Å²) in [6.45, 7) is 8.01. The highest BCUT2D eigenvalue weighted by atomic mass is 32.2. The van der Waals surface area contributed by atoms with Crippen LogP contribution in [0.25, 0.3) is 0 Å². The molecule has 20 heavy (non-hydrogen) atoms. The summed E-state index contributed by atoms with van der Waals surface area (Å²) in [5.41, 5.74) is 0. The number of sulfonamides is 1. The lowest BCUT2D eigenvalue weighted by molar-refractivity contribution is 0.335. The fourth-order valence-electron chi connectivity index (χ4n) is 2.09. The third-order valence-electron chi connectivity index (χ3n) is 3.16. The number of nitrogens with one attached hydrogen (secondary N) is 2. The van der Waals surface area contributed by atoms with E-state index in [2.05, 4.69) is 24.5 Å². The Morgan fingerprint density at radius 2 is 2.05 bits per heavy atom. The quantitative estimate of drug-likeness (QED) is 0.806. The van der Waals surface area contributed by atoms with Crippen LogP contribution in [-0.2, 0) is 16.6 Å². The van der Waals surface area contributed by atoms with E-state index in [9.17, 15) is 8.42 Å². The van der Waals surface area contributed by atoms with Crippen LogP contribution >= 0.6 is 0 Å². The van der Waals surface area contributed by atoms with E-state index in [1.807, 2.05) is 0 Å². The Labute approximate surface area is 120 Å². The van der Waals surface area contributed by atoms with Crippen LogP contribution in [0.4, 0.5) is 0 Å². The van der Waals surface area contributed by atoms with Crippen molar-refractivity contribution >= 4 is 10.0 Å². The van der Waals surface area contributed by atoms with Crippen LogP contribution < -0.4 is 10.6 Å². The lowest BCUT2D eigenvalue weighted by Gasteiger charge is -2.25. The summed E-state index contributed by atoms with van der Waals surface area (Å²) in [4.78, 5) is 0. The molecule has 1 aliphatic rings. The summed E-state index contributed by atoms with van der Waals surface area (Å²) in [5.74, 6) is 1.20. The van der Waals surface area contributed by atoms with Gasteiger partial charge in [0, 0.05) is 26.2 Å². The van der Waals surface area contributed by atoms with Crippen molar-refractivity contribution in [2.24, 2.45) is 5.92 Å². The van der Waals surface area contributed by atoms with Crippen LogP contribution in [0.2, 0.25) is 0 Å². The molecular formula is C13H23N3O3S. The normalized spacial score (nSPS) is 17.8. The second-order valence-electron chi connectivity index (χ2n) is 5.40. The van der Waals surface area contributed by atoms with Crippen LogP contribution in [0, 0.1) is 5.92 Å². The molecule has 0 radical (unpaired) electrons. The van der Waals surface area contributed by atoms with E-state index in [0.717, 1.165) is 6.54 Å². The van der Waals surface area contributed by atoms with Gasteiger partial charge in [-0.3, -0.25) is 0 Å². The van der Waals surface area contributed by atoms with E-state index in [1.54, 1.807) is 12.1 Å². The molecule has 2 rings (SSSR count). The van der Waals surface area contributed by atoms with E-state index >= 15 is 0 Å². The molecule has 1 aromatic rings. The molecule has 0 atom stereocenters. The average Bonchev–Trinajstić information content (AvgIpc) is 2.89. The van der Waals surface area contributed by atoms with Crippen molar-refractivity contribution in [3.8, 4) is 0 Å². The molecule has 6 nitrogen and oxygen atoms in total. The van der Waals surface area contributed by atoms with Gasteiger partial charge >= 0.3 is 0 Å². The molecule has 0 unspecified atom stereocenters. The maximum absolute atomic E-state index is 12.4. The minimum absolute atomic E-state index is 0.0424. The van der Waals surface area contributed by atoms with Crippen LogP contribution in [0.5, 0.6) is 0 Å². The predicted octanol–water partition coefficient (Wildman–Crippen LogP) is 0.619. The second kappa shape index (κ2) is 6.71. The molecule has 7 heteroatoms. The molecule has 2 N–H and O–H groups in total. The van der Waals surface area contributed by atoms with E-state index in [-0.39, 0.29) is 5.09 Å². The number of furan rings is 1. The summed E-state index contributed by atoms with van der Waals surface area (Å²) in [6, 6.07) is 3.27. The third kappa shape index (κ3) is 3.82. The van der Waals surface area contributed by atoms with Gasteiger partial charge in [0.15, 0.2) is 0 Å². The maximum Gasteiger partial charge on any atom is 0.276 e. The molecule has 0 bridgehead atoms. The van der Waals surface area contributed by atoms with Crippen molar-refractivity contribution in [1.82, 2.24) is 14.9 Å². The molecule has 0 amide bonds. The first-order valence-corrected chi connectivity index (χ1v) is 8.44.